The molecule has 5 heteroatoms. The molecular weight excluding hydrogens is 287 g/mol. The van der Waals surface area contributed by atoms with Gasteiger partial charge in [0, 0.05) is 16.5 Å². The van der Waals surface area contributed by atoms with Crippen LogP contribution in [0.2, 0.25) is 0 Å². The summed E-state index contributed by atoms with van der Waals surface area (Å²) in [6.07, 6.45) is 0. The largest absolute Gasteiger partial charge is 0.487 e. The van der Waals surface area contributed by atoms with Gasteiger partial charge in [0.15, 0.2) is 0 Å². The van der Waals surface area contributed by atoms with Crippen molar-refractivity contribution in [2.75, 3.05) is 5.73 Å². The summed E-state index contributed by atoms with van der Waals surface area (Å²) in [4.78, 5) is 4.23. The third-order valence-electron chi connectivity index (χ3n) is 3.08. The predicted octanol–water partition coefficient (Wildman–Crippen LogP) is 4.11. The summed E-state index contributed by atoms with van der Waals surface area (Å²) < 4.78 is 19.1. The molecule has 0 unspecified atom stereocenters. The van der Waals surface area contributed by atoms with Gasteiger partial charge >= 0.3 is 0 Å². The Hall–Kier alpha value is -2.40. The maximum atomic E-state index is 13.5. The van der Waals surface area contributed by atoms with Crippen molar-refractivity contribution in [3.63, 3.8) is 0 Å². The lowest BCUT2D eigenvalue weighted by molar-refractivity contribution is 0.301. The zero-order valence-corrected chi connectivity index (χ0v) is 11.9. The van der Waals surface area contributed by atoms with Crippen LogP contribution in [0.25, 0.3) is 11.3 Å². The van der Waals surface area contributed by atoms with Gasteiger partial charge in [-0.1, -0.05) is 18.2 Å². The second kappa shape index (κ2) is 5.93. The molecule has 0 bridgehead atoms. The summed E-state index contributed by atoms with van der Waals surface area (Å²) in [5.41, 5.74) is 10.6. The van der Waals surface area contributed by atoms with E-state index in [1.165, 1.54) is 17.4 Å². The van der Waals surface area contributed by atoms with Crippen LogP contribution >= 0.6 is 11.3 Å². The molecule has 0 spiro atoms. The fourth-order valence-corrected chi connectivity index (χ4v) is 2.53. The van der Waals surface area contributed by atoms with E-state index in [-0.39, 0.29) is 12.4 Å². The predicted molar refractivity (Wildman–Crippen MR) is 82.7 cm³/mol. The summed E-state index contributed by atoms with van der Waals surface area (Å²) in [5, 5.41) is 1.95. The van der Waals surface area contributed by atoms with Crippen LogP contribution < -0.4 is 10.5 Å². The minimum absolute atomic E-state index is 0.146. The van der Waals surface area contributed by atoms with Crippen molar-refractivity contribution in [1.29, 1.82) is 0 Å². The summed E-state index contributed by atoms with van der Waals surface area (Å²) in [6.45, 7) is 0.146. The number of rotatable bonds is 4. The lowest BCUT2D eigenvalue weighted by atomic mass is 10.1. The number of nitrogens with two attached hydrogens (primary N) is 1. The van der Waals surface area contributed by atoms with Crippen molar-refractivity contribution in [3.8, 4) is 17.0 Å². The number of nitrogens with zero attached hydrogens (tertiary/aromatic N) is 1. The van der Waals surface area contributed by atoms with Crippen LogP contribution in [0.3, 0.4) is 0 Å². The highest BCUT2D eigenvalue weighted by molar-refractivity contribution is 7.07. The van der Waals surface area contributed by atoms with E-state index in [9.17, 15) is 4.39 Å². The van der Waals surface area contributed by atoms with Gasteiger partial charge in [-0.3, -0.25) is 0 Å². The van der Waals surface area contributed by atoms with Gasteiger partial charge in [0.2, 0.25) is 0 Å². The standard InChI is InChI=1S/C16H13FN2OS/c17-13-4-2-1-3-12(13)8-20-16-6-5-11(7-14(16)18)15-9-21-10-19-15/h1-7,9-10H,8,18H2. The molecular formula is C16H13FN2OS. The fraction of sp³-hybridized carbons (Fsp3) is 0.0625. The first kappa shape index (κ1) is 13.6. The Balaban J connectivity index is 1.76. The molecule has 0 radical (unpaired) electrons. The topological polar surface area (TPSA) is 48.1 Å². The molecule has 21 heavy (non-hydrogen) atoms. The molecule has 1 heterocycles. The first-order valence-corrected chi connectivity index (χ1v) is 7.32. The molecule has 0 atom stereocenters. The number of hydrogen-bond acceptors (Lipinski definition) is 4. The first-order valence-electron chi connectivity index (χ1n) is 6.38. The number of thiazole rings is 1. The molecule has 0 amide bonds. The average molecular weight is 300 g/mol. The number of nitrogen functional groups attached to an aromatic ring is 1. The molecule has 3 rings (SSSR count). The van der Waals surface area contributed by atoms with Crippen molar-refractivity contribution < 1.29 is 9.13 Å². The van der Waals surface area contributed by atoms with E-state index in [2.05, 4.69) is 4.98 Å². The summed E-state index contributed by atoms with van der Waals surface area (Å²) in [6, 6.07) is 12.0. The van der Waals surface area contributed by atoms with E-state index < -0.39 is 0 Å². The maximum Gasteiger partial charge on any atom is 0.142 e. The van der Waals surface area contributed by atoms with Gasteiger partial charge in [0.25, 0.3) is 0 Å². The average Bonchev–Trinajstić information content (AvgIpc) is 3.02. The van der Waals surface area contributed by atoms with E-state index in [0.29, 0.717) is 17.0 Å². The number of aromatic nitrogens is 1. The quantitative estimate of drug-likeness (QED) is 0.738. The molecule has 3 aromatic rings. The maximum absolute atomic E-state index is 13.5. The Morgan fingerprint density at radius 3 is 2.76 bits per heavy atom. The monoisotopic (exact) mass is 300 g/mol. The summed E-state index contributed by atoms with van der Waals surface area (Å²) in [5.74, 6) is 0.257. The molecule has 2 aromatic carbocycles. The van der Waals surface area contributed by atoms with Crippen molar-refractivity contribution in [3.05, 3.63) is 64.7 Å². The SMILES string of the molecule is Nc1cc(-c2cscn2)ccc1OCc1ccccc1F. The van der Waals surface area contributed by atoms with Crippen LogP contribution in [0.1, 0.15) is 5.56 Å². The zero-order valence-electron chi connectivity index (χ0n) is 11.1. The van der Waals surface area contributed by atoms with Gasteiger partial charge in [-0.05, 0) is 24.3 Å². The van der Waals surface area contributed by atoms with E-state index in [0.717, 1.165) is 11.3 Å². The Labute approximate surface area is 125 Å². The van der Waals surface area contributed by atoms with Crippen molar-refractivity contribution in [2.45, 2.75) is 6.61 Å². The van der Waals surface area contributed by atoms with Crippen LogP contribution in [-0.2, 0) is 6.61 Å². The number of benzene rings is 2. The minimum atomic E-state index is -0.282. The Kier molecular flexibility index (Phi) is 3.83. The van der Waals surface area contributed by atoms with Gasteiger partial charge in [0.1, 0.15) is 18.2 Å². The third-order valence-corrected chi connectivity index (χ3v) is 3.67. The number of halogens is 1. The number of hydrogen-bond donors (Lipinski definition) is 1. The highest BCUT2D eigenvalue weighted by Crippen LogP contribution is 2.29. The molecule has 0 saturated carbocycles. The molecule has 0 saturated heterocycles. The van der Waals surface area contributed by atoms with Crippen LogP contribution in [0.4, 0.5) is 10.1 Å². The van der Waals surface area contributed by atoms with Gasteiger partial charge in [-0.15, -0.1) is 11.3 Å². The van der Waals surface area contributed by atoms with Gasteiger partial charge in [-0.25, -0.2) is 9.37 Å². The summed E-state index contributed by atoms with van der Waals surface area (Å²) >= 11 is 1.53. The van der Waals surface area contributed by atoms with E-state index in [4.69, 9.17) is 10.5 Å². The first-order chi connectivity index (χ1) is 10.2. The third kappa shape index (κ3) is 3.03. The van der Waals surface area contributed by atoms with Crippen LogP contribution in [-0.4, -0.2) is 4.98 Å². The number of anilines is 1. The van der Waals surface area contributed by atoms with Gasteiger partial charge < -0.3 is 10.5 Å². The molecule has 3 nitrogen and oxygen atoms in total. The number of ether oxygens (including phenoxy) is 1. The minimum Gasteiger partial charge on any atom is -0.487 e. The second-order valence-corrected chi connectivity index (χ2v) is 5.23. The fourth-order valence-electron chi connectivity index (χ4n) is 1.97. The van der Waals surface area contributed by atoms with Crippen molar-refractivity contribution in [2.24, 2.45) is 0 Å². The molecule has 2 N–H and O–H groups in total. The van der Waals surface area contributed by atoms with Gasteiger partial charge in [-0.2, -0.15) is 0 Å². The van der Waals surface area contributed by atoms with Crippen LogP contribution in [0.15, 0.2) is 53.4 Å². The van der Waals surface area contributed by atoms with Gasteiger partial charge in [0.05, 0.1) is 16.9 Å². The highest BCUT2D eigenvalue weighted by Gasteiger charge is 2.07. The molecule has 0 aliphatic heterocycles. The normalized spacial score (nSPS) is 10.5. The molecule has 1 aromatic heterocycles. The van der Waals surface area contributed by atoms with E-state index in [1.54, 1.807) is 29.8 Å². The Morgan fingerprint density at radius 1 is 1.19 bits per heavy atom. The molecule has 0 aliphatic carbocycles. The van der Waals surface area contributed by atoms with Crippen molar-refractivity contribution >= 4 is 17.0 Å². The van der Waals surface area contributed by atoms with E-state index >= 15 is 0 Å². The summed E-state index contributed by atoms with van der Waals surface area (Å²) in [7, 11) is 0. The van der Waals surface area contributed by atoms with E-state index in [1.807, 2.05) is 17.5 Å². The Morgan fingerprint density at radius 2 is 2.05 bits per heavy atom. The zero-order chi connectivity index (χ0) is 14.7. The Bertz CT molecular complexity index is 744. The lowest BCUT2D eigenvalue weighted by Gasteiger charge is -2.10. The molecule has 106 valence electrons. The molecule has 0 aliphatic rings. The highest BCUT2D eigenvalue weighted by atomic mass is 32.1. The molecule has 0 fully saturated rings. The second-order valence-electron chi connectivity index (χ2n) is 4.51. The van der Waals surface area contributed by atoms with Crippen molar-refractivity contribution in [1.82, 2.24) is 4.98 Å². The van der Waals surface area contributed by atoms with Crippen LogP contribution in [0, 0.1) is 5.82 Å². The lowest BCUT2D eigenvalue weighted by Crippen LogP contribution is -2.00. The smallest absolute Gasteiger partial charge is 0.142 e. The van der Waals surface area contributed by atoms with Crippen LogP contribution in [0.5, 0.6) is 5.75 Å².